The molecule has 3 heterocycles. The van der Waals surface area contributed by atoms with E-state index >= 15 is 0 Å². The van der Waals surface area contributed by atoms with Crippen molar-refractivity contribution >= 4 is 23.4 Å². The number of hydrogen-bond donors (Lipinski definition) is 1. The minimum absolute atomic E-state index is 0.0199. The normalized spacial score (nSPS) is 13.2. The number of carbonyl (C=O) groups is 1. The van der Waals surface area contributed by atoms with E-state index in [4.69, 9.17) is 10.3 Å². The van der Waals surface area contributed by atoms with Gasteiger partial charge in [0, 0.05) is 30.9 Å². The molecule has 4 aromatic rings. The summed E-state index contributed by atoms with van der Waals surface area (Å²) < 4.78 is 5.41. The first kappa shape index (κ1) is 19.7. The molecule has 0 unspecified atom stereocenters. The Morgan fingerprint density at radius 3 is 2.66 bits per heavy atom. The highest BCUT2D eigenvalue weighted by Gasteiger charge is 2.28. The number of para-hydroxylation sites is 1. The number of hydrogen-bond acceptors (Lipinski definition) is 10. The largest absolute Gasteiger partial charge is 0.368 e. The average molecular weight is 428 g/mol. The van der Waals surface area contributed by atoms with Gasteiger partial charge in [-0.1, -0.05) is 23.4 Å². The van der Waals surface area contributed by atoms with E-state index < -0.39 is 0 Å². The summed E-state index contributed by atoms with van der Waals surface area (Å²) in [7, 11) is 1.82. The third-order valence-corrected chi connectivity index (χ3v) is 5.19. The molecule has 0 aliphatic heterocycles. The topological polar surface area (TPSA) is 137 Å². The zero-order valence-corrected chi connectivity index (χ0v) is 17.3. The lowest BCUT2D eigenvalue weighted by molar-refractivity contribution is 0.0976. The van der Waals surface area contributed by atoms with Crippen molar-refractivity contribution in [3.05, 3.63) is 54.2 Å². The Kier molecular flexibility index (Phi) is 5.02. The highest BCUT2D eigenvalue weighted by molar-refractivity contribution is 6.00. The molecule has 3 aromatic heterocycles. The number of anilines is 3. The van der Waals surface area contributed by atoms with E-state index in [2.05, 4.69) is 30.1 Å². The quantitative estimate of drug-likeness (QED) is 0.436. The molecule has 32 heavy (non-hydrogen) atoms. The first-order valence-corrected chi connectivity index (χ1v) is 10.2. The summed E-state index contributed by atoms with van der Waals surface area (Å²) in [6.07, 6.45) is 4.26. The monoisotopic (exact) mass is 428 g/mol. The molecular weight excluding hydrogens is 408 g/mol. The zero-order valence-electron chi connectivity index (χ0n) is 17.3. The molecule has 0 saturated heterocycles. The SMILES string of the molecule is CN(c1ccccc1)c1nc(N)nc(-c2noc(-c3ncccc3C(=O)CC3CC3)n2)n1. The van der Waals surface area contributed by atoms with Crippen molar-refractivity contribution < 1.29 is 9.32 Å². The Bertz CT molecular complexity index is 1270. The predicted octanol–water partition coefficient (Wildman–Crippen LogP) is 3.32. The molecule has 2 N–H and O–H groups in total. The van der Waals surface area contributed by atoms with Crippen LogP contribution in [0.15, 0.2) is 53.2 Å². The Balaban J connectivity index is 1.47. The van der Waals surface area contributed by atoms with E-state index in [0.29, 0.717) is 29.5 Å². The van der Waals surface area contributed by atoms with E-state index in [-0.39, 0.29) is 29.3 Å². The second-order valence-electron chi connectivity index (χ2n) is 7.61. The van der Waals surface area contributed by atoms with Crippen LogP contribution in [0.1, 0.15) is 29.6 Å². The molecule has 10 nitrogen and oxygen atoms in total. The van der Waals surface area contributed by atoms with Gasteiger partial charge in [-0.05, 0) is 43.0 Å². The molecule has 160 valence electrons. The van der Waals surface area contributed by atoms with Gasteiger partial charge in [0.1, 0.15) is 5.69 Å². The van der Waals surface area contributed by atoms with Gasteiger partial charge in [0.15, 0.2) is 5.78 Å². The molecular formula is C22H20N8O2. The molecule has 5 rings (SSSR count). The van der Waals surface area contributed by atoms with E-state index in [1.54, 1.807) is 23.2 Å². The van der Waals surface area contributed by atoms with Crippen molar-refractivity contribution in [1.29, 1.82) is 0 Å². The predicted molar refractivity (Wildman–Crippen MR) is 117 cm³/mol. The molecule has 1 saturated carbocycles. The number of nitrogen functional groups attached to an aromatic ring is 1. The van der Waals surface area contributed by atoms with E-state index in [1.165, 1.54) is 0 Å². The standard InChI is InChI=1S/C22H20N8O2/c1-30(14-6-3-2-4-7-14)22-27-18(26-21(23)28-22)19-25-20(32-29-19)17-15(8-5-11-24-17)16(31)12-13-9-10-13/h2-8,11,13H,9-10,12H2,1H3,(H2,23,26,27,28). The Morgan fingerprint density at radius 1 is 1.06 bits per heavy atom. The third kappa shape index (κ3) is 4.02. The minimum Gasteiger partial charge on any atom is -0.368 e. The lowest BCUT2D eigenvalue weighted by atomic mass is 10.0. The summed E-state index contributed by atoms with van der Waals surface area (Å²) in [5.41, 5.74) is 7.61. The van der Waals surface area contributed by atoms with Crippen LogP contribution < -0.4 is 10.6 Å². The van der Waals surface area contributed by atoms with Crippen molar-refractivity contribution in [3.8, 4) is 23.2 Å². The maximum atomic E-state index is 12.7. The molecule has 0 atom stereocenters. The molecule has 0 spiro atoms. The number of benzene rings is 1. The van der Waals surface area contributed by atoms with Gasteiger partial charge < -0.3 is 15.2 Å². The third-order valence-electron chi connectivity index (χ3n) is 5.19. The van der Waals surface area contributed by atoms with Crippen LogP contribution in [0.5, 0.6) is 0 Å². The summed E-state index contributed by atoms with van der Waals surface area (Å²) in [5, 5.41) is 3.99. The molecule has 1 aliphatic carbocycles. The molecule has 0 amide bonds. The fraction of sp³-hybridized carbons (Fsp3) is 0.227. The van der Waals surface area contributed by atoms with Gasteiger partial charge in [0.2, 0.25) is 23.5 Å². The van der Waals surface area contributed by atoms with Crippen LogP contribution in [0.25, 0.3) is 23.2 Å². The van der Waals surface area contributed by atoms with E-state index in [0.717, 1.165) is 18.5 Å². The average Bonchev–Trinajstić information content (AvgIpc) is 3.50. The highest BCUT2D eigenvalue weighted by Crippen LogP contribution is 2.34. The number of nitrogens with zero attached hydrogens (tertiary/aromatic N) is 7. The number of aromatic nitrogens is 6. The number of nitrogens with two attached hydrogens (primary N) is 1. The van der Waals surface area contributed by atoms with Crippen LogP contribution in [0.4, 0.5) is 17.6 Å². The molecule has 0 bridgehead atoms. The summed E-state index contributed by atoms with van der Waals surface area (Å²) in [6.45, 7) is 0. The van der Waals surface area contributed by atoms with Crippen molar-refractivity contribution in [2.75, 3.05) is 17.7 Å². The van der Waals surface area contributed by atoms with Crippen LogP contribution in [0, 0.1) is 5.92 Å². The van der Waals surface area contributed by atoms with Crippen LogP contribution in [-0.4, -0.2) is 42.9 Å². The molecule has 10 heteroatoms. The minimum atomic E-state index is 0.0199. The lowest BCUT2D eigenvalue weighted by Gasteiger charge is -2.17. The van der Waals surface area contributed by atoms with Gasteiger partial charge in [-0.15, -0.1) is 0 Å². The first-order valence-electron chi connectivity index (χ1n) is 10.2. The van der Waals surface area contributed by atoms with Gasteiger partial charge in [0.05, 0.1) is 0 Å². The number of Topliss-reactive ketones (excluding diaryl/α,β-unsaturated/α-hetero) is 1. The van der Waals surface area contributed by atoms with Gasteiger partial charge in [-0.3, -0.25) is 9.78 Å². The summed E-state index contributed by atoms with van der Waals surface area (Å²) in [4.78, 5) is 35.9. The van der Waals surface area contributed by atoms with Crippen molar-refractivity contribution in [3.63, 3.8) is 0 Å². The molecule has 1 aromatic carbocycles. The van der Waals surface area contributed by atoms with Crippen LogP contribution in [0.2, 0.25) is 0 Å². The van der Waals surface area contributed by atoms with Crippen molar-refractivity contribution in [2.45, 2.75) is 19.3 Å². The summed E-state index contributed by atoms with van der Waals surface area (Å²) >= 11 is 0. The lowest BCUT2D eigenvalue weighted by Crippen LogP contribution is -2.15. The maximum absolute atomic E-state index is 12.7. The second-order valence-corrected chi connectivity index (χ2v) is 7.61. The molecule has 1 aliphatic rings. The fourth-order valence-electron chi connectivity index (χ4n) is 3.30. The smallest absolute Gasteiger partial charge is 0.277 e. The first-order chi connectivity index (χ1) is 15.6. The highest BCUT2D eigenvalue weighted by atomic mass is 16.5. The zero-order chi connectivity index (χ0) is 22.1. The maximum Gasteiger partial charge on any atom is 0.277 e. The van der Waals surface area contributed by atoms with Crippen LogP contribution in [0.3, 0.4) is 0 Å². The van der Waals surface area contributed by atoms with Crippen molar-refractivity contribution in [2.24, 2.45) is 5.92 Å². The van der Waals surface area contributed by atoms with Gasteiger partial charge in [-0.25, -0.2) is 0 Å². The van der Waals surface area contributed by atoms with Gasteiger partial charge in [0.25, 0.3) is 5.89 Å². The number of pyridine rings is 1. The van der Waals surface area contributed by atoms with Gasteiger partial charge >= 0.3 is 0 Å². The number of carbonyl (C=O) groups excluding carboxylic acids is 1. The summed E-state index contributed by atoms with van der Waals surface area (Å²) in [6, 6.07) is 13.0. The number of rotatable bonds is 7. The Hall–Kier alpha value is -4.21. The van der Waals surface area contributed by atoms with Crippen molar-refractivity contribution in [1.82, 2.24) is 30.1 Å². The fourth-order valence-corrected chi connectivity index (χ4v) is 3.30. The second kappa shape index (κ2) is 8.14. The molecule has 1 fully saturated rings. The van der Waals surface area contributed by atoms with E-state index in [1.807, 2.05) is 37.4 Å². The number of ketones is 1. The van der Waals surface area contributed by atoms with Gasteiger partial charge in [-0.2, -0.15) is 19.9 Å². The van der Waals surface area contributed by atoms with Crippen LogP contribution >= 0.6 is 0 Å². The molecule has 0 radical (unpaired) electrons. The van der Waals surface area contributed by atoms with E-state index in [9.17, 15) is 4.79 Å². The summed E-state index contributed by atoms with van der Waals surface area (Å²) in [5.74, 6) is 1.25. The van der Waals surface area contributed by atoms with Crippen LogP contribution in [-0.2, 0) is 0 Å². The Labute approximate surface area is 183 Å². The Morgan fingerprint density at radius 2 is 1.88 bits per heavy atom.